The molecule has 0 spiro atoms. The highest BCUT2D eigenvalue weighted by atomic mass is 19.1. The zero-order chi connectivity index (χ0) is 26.0. The second-order valence-electron chi connectivity index (χ2n) is 9.11. The molecule has 1 heterocycles. The number of urea groups is 1. The van der Waals surface area contributed by atoms with Crippen LogP contribution >= 0.6 is 0 Å². The Morgan fingerprint density at radius 2 is 1.67 bits per heavy atom. The lowest BCUT2D eigenvalue weighted by atomic mass is 9.93. The number of carbonyl (C=O) groups excluding carboxylic acids is 1. The van der Waals surface area contributed by atoms with Gasteiger partial charge in [0, 0.05) is 24.7 Å². The Hall–Kier alpha value is -3.88. The van der Waals surface area contributed by atoms with Gasteiger partial charge >= 0.3 is 12.0 Å². The highest BCUT2D eigenvalue weighted by Crippen LogP contribution is 2.38. The monoisotopic (exact) mass is 497 g/mol. The summed E-state index contributed by atoms with van der Waals surface area (Å²) in [5, 5.41) is 14.9. The van der Waals surface area contributed by atoms with Crippen LogP contribution in [0.4, 0.5) is 30.6 Å². The number of hydrogen-bond donors (Lipinski definition) is 3. The number of hydrogen-bond acceptors (Lipinski definition) is 4. The van der Waals surface area contributed by atoms with Crippen molar-refractivity contribution >= 4 is 29.1 Å². The van der Waals surface area contributed by atoms with E-state index < -0.39 is 23.6 Å². The SMILES string of the molecule is Cc1oc(C)c(-c2ccc(N(C)C3CCCCC3)c(NC(=O)Nc3ccc(F)cc3F)c2)c1C(=O)O. The predicted octanol–water partition coefficient (Wildman–Crippen LogP) is 6.95. The van der Waals surface area contributed by atoms with Crippen LogP contribution in [0, 0.1) is 25.5 Å². The first-order chi connectivity index (χ1) is 17.2. The van der Waals surface area contributed by atoms with Crippen molar-refractivity contribution < 1.29 is 27.9 Å². The van der Waals surface area contributed by atoms with E-state index in [1.807, 2.05) is 13.1 Å². The van der Waals surface area contributed by atoms with Gasteiger partial charge in [-0.2, -0.15) is 0 Å². The fourth-order valence-electron chi connectivity index (χ4n) is 4.92. The first kappa shape index (κ1) is 25.2. The molecule has 2 aromatic carbocycles. The van der Waals surface area contributed by atoms with Crippen LogP contribution in [0.25, 0.3) is 11.1 Å². The zero-order valence-corrected chi connectivity index (χ0v) is 20.5. The molecule has 1 aliphatic carbocycles. The molecule has 0 aliphatic heterocycles. The van der Waals surface area contributed by atoms with Gasteiger partial charge < -0.3 is 25.1 Å². The van der Waals surface area contributed by atoms with Crippen molar-refractivity contribution in [1.82, 2.24) is 0 Å². The fraction of sp³-hybridized carbons (Fsp3) is 0.333. The van der Waals surface area contributed by atoms with Gasteiger partial charge in [0.05, 0.1) is 17.1 Å². The van der Waals surface area contributed by atoms with Gasteiger partial charge in [-0.15, -0.1) is 0 Å². The van der Waals surface area contributed by atoms with Gasteiger partial charge in [0.2, 0.25) is 0 Å². The second kappa shape index (κ2) is 10.4. The maximum absolute atomic E-state index is 14.1. The minimum atomic E-state index is -1.11. The molecule has 2 amide bonds. The fourth-order valence-corrected chi connectivity index (χ4v) is 4.92. The summed E-state index contributed by atoms with van der Waals surface area (Å²) in [5.74, 6) is -2.02. The number of amides is 2. The smallest absolute Gasteiger partial charge is 0.339 e. The molecule has 190 valence electrons. The van der Waals surface area contributed by atoms with E-state index in [0.29, 0.717) is 28.6 Å². The Morgan fingerprint density at radius 3 is 2.33 bits per heavy atom. The van der Waals surface area contributed by atoms with Crippen molar-refractivity contribution in [3.05, 3.63) is 65.1 Å². The van der Waals surface area contributed by atoms with Crippen LogP contribution in [0.3, 0.4) is 0 Å². The molecule has 0 saturated heterocycles. The summed E-state index contributed by atoms with van der Waals surface area (Å²) in [6.07, 6.45) is 5.48. The van der Waals surface area contributed by atoms with Gasteiger partial charge in [-0.1, -0.05) is 25.3 Å². The van der Waals surface area contributed by atoms with E-state index in [4.69, 9.17) is 4.42 Å². The summed E-state index contributed by atoms with van der Waals surface area (Å²) in [6.45, 7) is 3.28. The Balaban J connectivity index is 1.72. The van der Waals surface area contributed by atoms with Crippen LogP contribution in [-0.2, 0) is 0 Å². The van der Waals surface area contributed by atoms with Crippen LogP contribution in [0.2, 0.25) is 0 Å². The Kier molecular flexibility index (Phi) is 7.28. The molecule has 0 unspecified atom stereocenters. The lowest BCUT2D eigenvalue weighted by Crippen LogP contribution is -2.34. The summed E-state index contributed by atoms with van der Waals surface area (Å²) < 4.78 is 32.9. The molecule has 7 nitrogen and oxygen atoms in total. The molecule has 3 N–H and O–H groups in total. The molecule has 0 bridgehead atoms. The van der Waals surface area contributed by atoms with Gasteiger partial charge in [-0.3, -0.25) is 0 Å². The average molecular weight is 498 g/mol. The van der Waals surface area contributed by atoms with E-state index >= 15 is 0 Å². The van der Waals surface area contributed by atoms with E-state index in [-0.39, 0.29) is 23.1 Å². The van der Waals surface area contributed by atoms with Gasteiger partial charge in [0.25, 0.3) is 0 Å². The number of furan rings is 1. The van der Waals surface area contributed by atoms with Gasteiger partial charge in [0.1, 0.15) is 28.7 Å². The largest absolute Gasteiger partial charge is 0.478 e. The topological polar surface area (TPSA) is 94.8 Å². The highest BCUT2D eigenvalue weighted by molar-refractivity contribution is 6.03. The number of anilines is 3. The Bertz CT molecular complexity index is 1300. The quantitative estimate of drug-likeness (QED) is 0.342. The third-order valence-electron chi connectivity index (χ3n) is 6.69. The van der Waals surface area contributed by atoms with Crippen molar-refractivity contribution in [2.75, 3.05) is 22.6 Å². The minimum Gasteiger partial charge on any atom is -0.478 e. The van der Waals surface area contributed by atoms with Crippen LogP contribution in [0.1, 0.15) is 54.0 Å². The van der Waals surface area contributed by atoms with Gasteiger partial charge in [-0.05, 0) is 56.5 Å². The maximum Gasteiger partial charge on any atom is 0.339 e. The van der Waals surface area contributed by atoms with E-state index in [0.717, 1.165) is 43.5 Å². The number of aromatic carboxylic acids is 1. The van der Waals surface area contributed by atoms with Crippen molar-refractivity contribution in [1.29, 1.82) is 0 Å². The number of nitrogens with one attached hydrogen (secondary N) is 2. The summed E-state index contributed by atoms with van der Waals surface area (Å²) in [6, 6.07) is 7.80. The Morgan fingerprint density at radius 1 is 0.972 bits per heavy atom. The number of carbonyl (C=O) groups is 2. The molecule has 0 atom stereocenters. The second-order valence-corrected chi connectivity index (χ2v) is 9.11. The van der Waals surface area contributed by atoms with Crippen molar-refractivity contribution in [2.24, 2.45) is 0 Å². The molecule has 36 heavy (non-hydrogen) atoms. The number of halogens is 2. The van der Waals surface area contributed by atoms with E-state index in [1.165, 1.54) is 6.42 Å². The number of nitrogens with zero attached hydrogens (tertiary/aromatic N) is 1. The lowest BCUT2D eigenvalue weighted by Gasteiger charge is -2.34. The van der Waals surface area contributed by atoms with E-state index in [2.05, 4.69) is 15.5 Å². The number of aryl methyl sites for hydroxylation is 2. The zero-order valence-electron chi connectivity index (χ0n) is 20.5. The van der Waals surface area contributed by atoms with Crippen LogP contribution in [0.15, 0.2) is 40.8 Å². The van der Waals surface area contributed by atoms with Gasteiger partial charge in [0.15, 0.2) is 0 Å². The molecule has 1 aliphatic rings. The van der Waals surface area contributed by atoms with Crippen LogP contribution < -0.4 is 15.5 Å². The van der Waals surface area contributed by atoms with Gasteiger partial charge in [-0.25, -0.2) is 18.4 Å². The maximum atomic E-state index is 14.1. The molecule has 0 radical (unpaired) electrons. The van der Waals surface area contributed by atoms with Crippen molar-refractivity contribution in [3.63, 3.8) is 0 Å². The Labute approximate surface area is 208 Å². The summed E-state index contributed by atoms with van der Waals surface area (Å²) >= 11 is 0. The molecular weight excluding hydrogens is 468 g/mol. The average Bonchev–Trinajstić information content (AvgIpc) is 3.14. The summed E-state index contributed by atoms with van der Waals surface area (Å²) in [7, 11) is 1.96. The van der Waals surface area contributed by atoms with Crippen LogP contribution in [-0.4, -0.2) is 30.2 Å². The molecule has 3 aromatic rings. The number of rotatable bonds is 6. The first-order valence-electron chi connectivity index (χ1n) is 11.9. The third kappa shape index (κ3) is 5.19. The van der Waals surface area contributed by atoms with E-state index in [1.54, 1.807) is 26.0 Å². The molecular formula is C27H29F2N3O4. The van der Waals surface area contributed by atoms with E-state index in [9.17, 15) is 23.5 Å². The number of carboxylic acids is 1. The minimum absolute atomic E-state index is 0.0599. The number of benzene rings is 2. The standard InChI is InChI=1S/C27H29F2N3O4/c1-15-24(25(26(33)34)16(2)36-15)17-9-12-23(32(3)19-7-5-4-6-8-19)22(13-17)31-27(35)30-21-11-10-18(28)14-20(21)29/h9-14,19H,4-8H2,1-3H3,(H,33,34)(H2,30,31,35). The number of carboxylic acid groups (broad SMARTS) is 1. The molecule has 1 saturated carbocycles. The molecule has 9 heteroatoms. The molecule has 4 rings (SSSR count). The normalized spacial score (nSPS) is 13.9. The van der Waals surface area contributed by atoms with Crippen molar-refractivity contribution in [2.45, 2.75) is 52.0 Å². The van der Waals surface area contributed by atoms with Crippen molar-refractivity contribution in [3.8, 4) is 11.1 Å². The lowest BCUT2D eigenvalue weighted by molar-refractivity contribution is 0.0695. The molecule has 1 fully saturated rings. The third-order valence-corrected chi connectivity index (χ3v) is 6.69. The predicted molar refractivity (Wildman–Crippen MR) is 135 cm³/mol. The summed E-state index contributed by atoms with van der Waals surface area (Å²) in [5.41, 5.74) is 2.06. The highest BCUT2D eigenvalue weighted by Gasteiger charge is 2.25. The summed E-state index contributed by atoms with van der Waals surface area (Å²) in [4.78, 5) is 26.9. The van der Waals surface area contributed by atoms with Crippen LogP contribution in [0.5, 0.6) is 0 Å². The molecule has 1 aromatic heterocycles. The first-order valence-corrected chi connectivity index (χ1v) is 11.9.